The van der Waals surface area contributed by atoms with Gasteiger partial charge in [-0.3, -0.25) is 4.18 Å². The molecular weight excluding hydrogens is 197 g/mol. The molecule has 4 nitrogen and oxygen atoms in total. The molecule has 0 amide bonds. The minimum atomic E-state index is -3.75. The fourth-order valence-corrected chi connectivity index (χ4v) is 0.898. The van der Waals surface area contributed by atoms with E-state index in [-0.39, 0.29) is 37.6 Å². The van der Waals surface area contributed by atoms with Gasteiger partial charge in [0.15, 0.2) is 0 Å². The van der Waals surface area contributed by atoms with Crippen LogP contribution in [-0.2, 0) is 14.3 Å². The van der Waals surface area contributed by atoms with Gasteiger partial charge < -0.3 is 7.16 Å². The van der Waals surface area contributed by atoms with E-state index in [9.17, 15) is 8.42 Å². The maximum absolute atomic E-state index is 10.6. The summed E-state index contributed by atoms with van der Waals surface area (Å²) in [7, 11) is -3.75. The Balaban J connectivity index is -0.000000405. The monoisotopic (exact) mass is 207 g/mol. The minimum absolute atomic E-state index is 0. The van der Waals surface area contributed by atoms with Crippen molar-refractivity contribution in [1.82, 2.24) is 0 Å². The second-order valence-electron chi connectivity index (χ2n) is 1.60. The smallest absolute Gasteiger partial charge is 1.00 e. The first-order valence-corrected chi connectivity index (χ1v) is 4.51. The summed E-state index contributed by atoms with van der Waals surface area (Å²) in [6, 6.07) is 0. The summed E-state index contributed by atoms with van der Waals surface area (Å²) in [5.41, 5.74) is 4.83. The van der Waals surface area contributed by atoms with Crippen molar-refractivity contribution in [2.45, 2.75) is 13.3 Å². The zero-order valence-corrected chi connectivity index (χ0v) is 10.2. The molecule has 0 spiro atoms. The summed E-state index contributed by atoms with van der Waals surface area (Å²) in [6.07, 6.45) is 0.613. The fourth-order valence-electron chi connectivity index (χ4n) is 0.251. The van der Waals surface area contributed by atoms with Gasteiger partial charge in [-0.2, -0.15) is 8.42 Å². The van der Waals surface area contributed by atoms with Crippen molar-refractivity contribution in [2.24, 2.45) is 5.73 Å². The molecule has 0 rings (SSSR count). The van der Waals surface area contributed by atoms with Gasteiger partial charge in [0.05, 0.1) is 6.61 Å². The van der Waals surface area contributed by atoms with E-state index in [4.69, 9.17) is 5.73 Å². The van der Waals surface area contributed by atoms with Gasteiger partial charge in [0.25, 0.3) is 0 Å². The SMILES string of the molecule is CCCOS(=O)(=O)C(N)=S.[H-].[Na+]. The summed E-state index contributed by atoms with van der Waals surface area (Å²) < 4.78 is 24.9. The largest absolute Gasteiger partial charge is 1.00 e. The topological polar surface area (TPSA) is 69.4 Å². The predicted molar refractivity (Wildman–Crippen MR) is 43.1 cm³/mol. The number of thiocarbonyl (C=S) groups is 1. The molecule has 0 atom stereocenters. The van der Waals surface area contributed by atoms with Gasteiger partial charge in [0.1, 0.15) is 0 Å². The van der Waals surface area contributed by atoms with E-state index in [1.807, 2.05) is 0 Å². The first-order chi connectivity index (χ1) is 4.50. The molecular formula is C4H10NNaO3S2. The van der Waals surface area contributed by atoms with Gasteiger partial charge in [-0.25, -0.2) is 0 Å². The third-order valence-electron chi connectivity index (χ3n) is 0.689. The van der Waals surface area contributed by atoms with E-state index in [0.717, 1.165) is 0 Å². The minimum Gasteiger partial charge on any atom is -1.00 e. The molecule has 0 bridgehead atoms. The summed E-state index contributed by atoms with van der Waals surface area (Å²) in [6.45, 7) is 1.91. The normalized spacial score (nSPS) is 10.3. The number of nitrogens with two attached hydrogens (primary N) is 1. The molecule has 0 radical (unpaired) electrons. The van der Waals surface area contributed by atoms with Gasteiger partial charge in [-0.05, 0) is 18.6 Å². The zero-order valence-electron chi connectivity index (χ0n) is 7.53. The second kappa shape index (κ2) is 6.33. The Bertz CT molecular complexity index is 218. The molecule has 0 aliphatic rings. The Morgan fingerprint density at radius 1 is 1.73 bits per heavy atom. The van der Waals surface area contributed by atoms with Crippen LogP contribution < -0.4 is 35.3 Å². The zero-order chi connectivity index (χ0) is 8.20. The summed E-state index contributed by atoms with van der Waals surface area (Å²) >= 11 is 4.21. The average molecular weight is 207 g/mol. The van der Waals surface area contributed by atoms with Crippen LogP contribution in [0, 0.1) is 0 Å². The van der Waals surface area contributed by atoms with Crippen molar-refractivity contribution in [3.8, 4) is 0 Å². The van der Waals surface area contributed by atoms with E-state index < -0.39 is 14.4 Å². The summed E-state index contributed by atoms with van der Waals surface area (Å²) in [4.78, 5) is 0. The maximum atomic E-state index is 10.6. The Hall–Kier alpha value is 0.800. The predicted octanol–water partition coefficient (Wildman–Crippen LogP) is -2.90. The second-order valence-corrected chi connectivity index (χ2v) is 3.88. The first-order valence-electron chi connectivity index (χ1n) is 2.69. The van der Waals surface area contributed by atoms with Crippen molar-refractivity contribution >= 4 is 26.7 Å². The van der Waals surface area contributed by atoms with Gasteiger partial charge in [0, 0.05) is 0 Å². The van der Waals surface area contributed by atoms with Crippen LogP contribution in [0.4, 0.5) is 0 Å². The van der Waals surface area contributed by atoms with E-state index in [1.165, 1.54) is 0 Å². The van der Waals surface area contributed by atoms with Crippen molar-refractivity contribution in [3.63, 3.8) is 0 Å². The quantitative estimate of drug-likeness (QED) is 0.305. The molecule has 0 aliphatic carbocycles. The number of rotatable bonds is 3. The number of hydrogen-bond acceptors (Lipinski definition) is 4. The van der Waals surface area contributed by atoms with Crippen LogP contribution >= 0.6 is 12.2 Å². The molecule has 0 heterocycles. The van der Waals surface area contributed by atoms with Gasteiger partial charge in [-0.1, -0.05) is 6.92 Å². The standard InChI is InChI=1S/C4H9NO3S2.Na.H/c1-2-3-8-10(6,7)4(5)9;;/h2-3H2,1H3,(H2,5,9);;/q;+1;-1. The molecule has 2 N–H and O–H groups in total. The summed E-state index contributed by atoms with van der Waals surface area (Å²) in [5.74, 6) is 0. The molecule has 11 heavy (non-hydrogen) atoms. The molecule has 0 aromatic heterocycles. The molecule has 0 saturated heterocycles. The van der Waals surface area contributed by atoms with E-state index in [0.29, 0.717) is 6.42 Å². The Kier molecular flexibility index (Phi) is 8.25. The van der Waals surface area contributed by atoms with Crippen LogP contribution in [0.2, 0.25) is 0 Å². The van der Waals surface area contributed by atoms with Crippen molar-refractivity contribution in [2.75, 3.05) is 6.61 Å². The van der Waals surface area contributed by atoms with Gasteiger partial charge in [0.2, 0.25) is 4.32 Å². The van der Waals surface area contributed by atoms with Crippen LogP contribution in [-0.4, -0.2) is 19.3 Å². The maximum Gasteiger partial charge on any atom is 1.00 e. The van der Waals surface area contributed by atoms with Crippen LogP contribution in [0.15, 0.2) is 0 Å². The van der Waals surface area contributed by atoms with Crippen LogP contribution in [0.5, 0.6) is 0 Å². The molecule has 0 saturated carbocycles. The Morgan fingerprint density at radius 2 is 2.18 bits per heavy atom. The van der Waals surface area contributed by atoms with E-state index in [2.05, 4.69) is 16.4 Å². The average Bonchev–Trinajstić information content (AvgIpc) is 1.84. The molecule has 0 aromatic carbocycles. The van der Waals surface area contributed by atoms with E-state index in [1.54, 1.807) is 6.92 Å². The third kappa shape index (κ3) is 6.01. The molecule has 62 valence electrons. The van der Waals surface area contributed by atoms with Crippen LogP contribution in [0.3, 0.4) is 0 Å². The number of hydrogen-bond donors (Lipinski definition) is 1. The molecule has 7 heteroatoms. The van der Waals surface area contributed by atoms with E-state index >= 15 is 0 Å². The first kappa shape index (κ1) is 14.3. The van der Waals surface area contributed by atoms with Gasteiger partial charge >= 0.3 is 39.7 Å². The Morgan fingerprint density at radius 3 is 2.45 bits per heavy atom. The molecule has 0 aromatic rings. The molecule has 0 unspecified atom stereocenters. The third-order valence-corrected chi connectivity index (χ3v) is 2.27. The fraction of sp³-hybridized carbons (Fsp3) is 0.750. The molecule has 0 fully saturated rings. The van der Waals surface area contributed by atoms with Crippen molar-refractivity contribution in [3.05, 3.63) is 0 Å². The van der Waals surface area contributed by atoms with Crippen LogP contribution in [0.25, 0.3) is 0 Å². The van der Waals surface area contributed by atoms with Crippen LogP contribution in [0.1, 0.15) is 14.8 Å². The van der Waals surface area contributed by atoms with Gasteiger partial charge in [-0.15, -0.1) is 0 Å². The molecule has 0 aliphatic heterocycles. The Labute approximate surface area is 95.4 Å². The summed E-state index contributed by atoms with van der Waals surface area (Å²) in [5, 5.41) is 0. The van der Waals surface area contributed by atoms with Crippen molar-refractivity contribution < 1.29 is 43.6 Å². The van der Waals surface area contributed by atoms with Crippen molar-refractivity contribution in [1.29, 1.82) is 0 Å².